The Bertz CT molecular complexity index is 345. The monoisotopic (exact) mass is 233 g/mol. The molecular weight excluding hydrogens is 210 g/mol. The molecule has 94 valence electrons. The molecule has 1 aromatic carbocycles. The molecule has 3 N–H and O–H groups in total. The van der Waals surface area contributed by atoms with E-state index in [-0.39, 0.29) is 0 Å². The second kappa shape index (κ2) is 5.63. The lowest BCUT2D eigenvalue weighted by Crippen LogP contribution is -2.27. The summed E-state index contributed by atoms with van der Waals surface area (Å²) in [6.07, 6.45) is 0. The van der Waals surface area contributed by atoms with Gasteiger partial charge in [-0.3, -0.25) is 5.43 Å². The Morgan fingerprint density at radius 3 is 2.59 bits per heavy atom. The van der Waals surface area contributed by atoms with Crippen molar-refractivity contribution < 1.29 is 0 Å². The van der Waals surface area contributed by atoms with Crippen molar-refractivity contribution in [2.45, 2.75) is 25.8 Å². The van der Waals surface area contributed by atoms with Gasteiger partial charge in [0.1, 0.15) is 0 Å². The van der Waals surface area contributed by atoms with E-state index in [1.165, 1.54) is 11.1 Å². The molecule has 1 aliphatic heterocycles. The van der Waals surface area contributed by atoms with Crippen LogP contribution in [0.25, 0.3) is 0 Å². The van der Waals surface area contributed by atoms with Gasteiger partial charge in [0, 0.05) is 19.0 Å². The summed E-state index contributed by atoms with van der Waals surface area (Å²) in [6.45, 7) is 6.52. The van der Waals surface area contributed by atoms with Gasteiger partial charge in [0.2, 0.25) is 0 Å². The molecule has 1 heterocycles. The SMILES string of the molecule is CNCC1CNNC1c1ccc(C(C)C)cc1. The highest BCUT2D eigenvalue weighted by Crippen LogP contribution is 2.25. The Kier molecular flexibility index (Phi) is 4.15. The van der Waals surface area contributed by atoms with Crippen LogP contribution >= 0.6 is 0 Å². The quantitative estimate of drug-likeness (QED) is 0.742. The van der Waals surface area contributed by atoms with Gasteiger partial charge in [0.05, 0.1) is 6.04 Å². The van der Waals surface area contributed by atoms with E-state index in [9.17, 15) is 0 Å². The Hall–Kier alpha value is -0.900. The first kappa shape index (κ1) is 12.6. The third-order valence-electron chi connectivity index (χ3n) is 3.52. The van der Waals surface area contributed by atoms with Crippen molar-refractivity contribution in [2.24, 2.45) is 5.92 Å². The summed E-state index contributed by atoms with van der Waals surface area (Å²) in [7, 11) is 2.01. The predicted octanol–water partition coefficient (Wildman–Crippen LogP) is 1.79. The maximum Gasteiger partial charge on any atom is 0.0515 e. The fourth-order valence-corrected chi connectivity index (χ4v) is 2.43. The molecule has 2 rings (SSSR count). The number of benzene rings is 1. The number of nitrogens with one attached hydrogen (secondary N) is 3. The first-order valence-corrected chi connectivity index (χ1v) is 6.45. The minimum Gasteiger partial charge on any atom is -0.319 e. The molecule has 3 nitrogen and oxygen atoms in total. The molecular formula is C14H23N3. The molecule has 3 heteroatoms. The average Bonchev–Trinajstić information content (AvgIpc) is 2.78. The first-order valence-electron chi connectivity index (χ1n) is 6.45. The van der Waals surface area contributed by atoms with Crippen LogP contribution in [-0.4, -0.2) is 20.1 Å². The molecule has 1 saturated heterocycles. The second-order valence-electron chi connectivity index (χ2n) is 5.14. The van der Waals surface area contributed by atoms with Crippen LogP contribution in [0.5, 0.6) is 0 Å². The zero-order valence-corrected chi connectivity index (χ0v) is 11.0. The van der Waals surface area contributed by atoms with Crippen LogP contribution in [0.3, 0.4) is 0 Å². The second-order valence-corrected chi connectivity index (χ2v) is 5.14. The minimum atomic E-state index is 0.420. The van der Waals surface area contributed by atoms with E-state index in [0.717, 1.165) is 13.1 Å². The van der Waals surface area contributed by atoms with E-state index in [1.54, 1.807) is 0 Å². The summed E-state index contributed by atoms with van der Waals surface area (Å²) in [5.41, 5.74) is 9.40. The van der Waals surface area contributed by atoms with Crippen molar-refractivity contribution in [1.82, 2.24) is 16.2 Å². The van der Waals surface area contributed by atoms with Crippen LogP contribution in [0.1, 0.15) is 36.9 Å². The summed E-state index contributed by atoms with van der Waals surface area (Å²) in [4.78, 5) is 0. The molecule has 0 spiro atoms. The molecule has 1 aromatic rings. The lowest BCUT2D eigenvalue weighted by Gasteiger charge is -2.19. The van der Waals surface area contributed by atoms with Crippen molar-refractivity contribution in [1.29, 1.82) is 0 Å². The zero-order chi connectivity index (χ0) is 12.3. The van der Waals surface area contributed by atoms with Crippen LogP contribution in [-0.2, 0) is 0 Å². The molecule has 0 saturated carbocycles. The largest absolute Gasteiger partial charge is 0.319 e. The van der Waals surface area contributed by atoms with Gasteiger partial charge in [0.15, 0.2) is 0 Å². The molecule has 0 radical (unpaired) electrons. The molecule has 2 atom stereocenters. The molecule has 0 amide bonds. The molecule has 0 aliphatic carbocycles. The summed E-state index contributed by atoms with van der Waals surface area (Å²) < 4.78 is 0. The lowest BCUT2D eigenvalue weighted by molar-refractivity contribution is 0.457. The van der Waals surface area contributed by atoms with E-state index in [0.29, 0.717) is 17.9 Å². The highest BCUT2D eigenvalue weighted by molar-refractivity contribution is 5.27. The van der Waals surface area contributed by atoms with Gasteiger partial charge in [0.25, 0.3) is 0 Å². The molecule has 17 heavy (non-hydrogen) atoms. The number of hydrogen-bond donors (Lipinski definition) is 3. The van der Waals surface area contributed by atoms with Gasteiger partial charge < -0.3 is 5.32 Å². The van der Waals surface area contributed by atoms with Gasteiger partial charge in [-0.05, 0) is 24.1 Å². The summed E-state index contributed by atoms with van der Waals surface area (Å²) in [5.74, 6) is 1.22. The van der Waals surface area contributed by atoms with E-state index < -0.39 is 0 Å². The third kappa shape index (κ3) is 2.86. The van der Waals surface area contributed by atoms with Crippen molar-refractivity contribution in [3.05, 3.63) is 35.4 Å². The Morgan fingerprint density at radius 1 is 1.29 bits per heavy atom. The van der Waals surface area contributed by atoms with Crippen LogP contribution in [0.15, 0.2) is 24.3 Å². The van der Waals surface area contributed by atoms with Gasteiger partial charge in [-0.15, -0.1) is 0 Å². The number of hydrogen-bond acceptors (Lipinski definition) is 3. The number of rotatable bonds is 4. The normalized spacial score (nSPS) is 24.5. The molecule has 1 aliphatic rings. The highest BCUT2D eigenvalue weighted by atomic mass is 15.4. The standard InChI is InChI=1S/C14H23N3/c1-10(2)11-4-6-12(7-5-11)14-13(8-15-3)9-16-17-14/h4-7,10,13-17H,8-9H2,1-3H3. The first-order chi connectivity index (χ1) is 8.22. The van der Waals surface area contributed by atoms with Gasteiger partial charge in [-0.25, -0.2) is 5.43 Å². The molecule has 0 aromatic heterocycles. The summed E-state index contributed by atoms with van der Waals surface area (Å²) >= 11 is 0. The smallest absolute Gasteiger partial charge is 0.0515 e. The minimum absolute atomic E-state index is 0.420. The summed E-state index contributed by atoms with van der Waals surface area (Å²) in [5, 5.41) is 3.26. The van der Waals surface area contributed by atoms with Gasteiger partial charge in [-0.1, -0.05) is 38.1 Å². The van der Waals surface area contributed by atoms with Crippen molar-refractivity contribution >= 4 is 0 Å². The van der Waals surface area contributed by atoms with E-state index in [1.807, 2.05) is 7.05 Å². The topological polar surface area (TPSA) is 36.1 Å². The Morgan fingerprint density at radius 2 is 2.00 bits per heavy atom. The van der Waals surface area contributed by atoms with Gasteiger partial charge in [-0.2, -0.15) is 0 Å². The third-order valence-corrected chi connectivity index (χ3v) is 3.52. The maximum absolute atomic E-state index is 3.37. The van der Waals surface area contributed by atoms with Crippen molar-refractivity contribution in [3.8, 4) is 0 Å². The molecule has 0 bridgehead atoms. The fourth-order valence-electron chi connectivity index (χ4n) is 2.43. The predicted molar refractivity (Wildman–Crippen MR) is 71.8 cm³/mol. The fraction of sp³-hybridized carbons (Fsp3) is 0.571. The van der Waals surface area contributed by atoms with Crippen LogP contribution in [0.4, 0.5) is 0 Å². The summed E-state index contributed by atoms with van der Waals surface area (Å²) in [6, 6.07) is 9.42. The lowest BCUT2D eigenvalue weighted by atomic mass is 9.93. The van der Waals surface area contributed by atoms with E-state index in [2.05, 4.69) is 54.3 Å². The zero-order valence-electron chi connectivity index (χ0n) is 11.0. The maximum atomic E-state index is 3.37. The van der Waals surface area contributed by atoms with E-state index in [4.69, 9.17) is 0 Å². The van der Waals surface area contributed by atoms with Crippen molar-refractivity contribution in [3.63, 3.8) is 0 Å². The number of hydrazine groups is 1. The van der Waals surface area contributed by atoms with Crippen molar-refractivity contribution in [2.75, 3.05) is 20.1 Å². The molecule has 1 fully saturated rings. The Labute approximate surface area is 104 Å². The van der Waals surface area contributed by atoms with Gasteiger partial charge >= 0.3 is 0 Å². The highest BCUT2D eigenvalue weighted by Gasteiger charge is 2.27. The van der Waals surface area contributed by atoms with Crippen LogP contribution < -0.4 is 16.2 Å². The van der Waals surface area contributed by atoms with Crippen LogP contribution in [0.2, 0.25) is 0 Å². The Balaban J connectivity index is 2.10. The van der Waals surface area contributed by atoms with Crippen LogP contribution in [0, 0.1) is 5.92 Å². The van der Waals surface area contributed by atoms with E-state index >= 15 is 0 Å². The average molecular weight is 233 g/mol. The molecule has 2 unspecified atom stereocenters.